The lowest BCUT2D eigenvalue weighted by Gasteiger charge is -2.07. The Labute approximate surface area is 115 Å². The average molecular weight is 260 g/mol. The van der Waals surface area contributed by atoms with Gasteiger partial charge in [0.05, 0.1) is 6.61 Å². The van der Waals surface area contributed by atoms with Crippen molar-refractivity contribution in [2.75, 3.05) is 6.61 Å². The molecule has 0 amide bonds. The van der Waals surface area contributed by atoms with E-state index in [9.17, 15) is 0 Å². The van der Waals surface area contributed by atoms with Crippen LogP contribution in [0.15, 0.2) is 30.5 Å². The summed E-state index contributed by atoms with van der Waals surface area (Å²) in [4.78, 5) is 0. The average Bonchev–Trinajstić information content (AvgIpc) is 2.75. The molecule has 104 valence electrons. The monoisotopic (exact) mass is 260 g/mol. The second-order valence-electron chi connectivity index (χ2n) is 5.69. The van der Waals surface area contributed by atoms with Crippen molar-refractivity contribution in [1.82, 2.24) is 4.57 Å². The van der Waals surface area contributed by atoms with Crippen LogP contribution in [0.4, 0.5) is 0 Å². The Morgan fingerprint density at radius 3 is 2.68 bits per heavy atom. The summed E-state index contributed by atoms with van der Waals surface area (Å²) < 4.78 is 2.31. The molecule has 3 nitrogen and oxygen atoms in total. The number of aliphatic hydroxyl groups excluding tert-OH is 1. The smallest absolute Gasteiger partial charge is 0.0585 e. The fraction of sp³-hybridized carbons (Fsp3) is 0.500. The fourth-order valence-corrected chi connectivity index (χ4v) is 2.41. The van der Waals surface area contributed by atoms with Crippen molar-refractivity contribution in [3.8, 4) is 0 Å². The number of fused-ring (bicyclic) bond motifs is 1. The van der Waals surface area contributed by atoms with Crippen LogP contribution >= 0.6 is 0 Å². The van der Waals surface area contributed by atoms with Gasteiger partial charge in [-0.1, -0.05) is 32.0 Å². The number of nitrogens with two attached hydrogens (primary N) is 1. The SMILES string of the molecule is CC(C)CCn1cc(C[C@H](N)CO)c2ccccc21. The van der Waals surface area contributed by atoms with E-state index in [4.69, 9.17) is 10.8 Å². The molecule has 0 aliphatic carbocycles. The number of para-hydroxylation sites is 1. The standard InChI is InChI=1S/C16H24N2O/c1-12(2)7-8-18-10-13(9-14(17)11-19)15-5-3-4-6-16(15)18/h3-6,10,12,14,19H,7-9,11,17H2,1-2H3/t14-/m0/s1. The highest BCUT2D eigenvalue weighted by atomic mass is 16.3. The zero-order chi connectivity index (χ0) is 13.8. The Kier molecular flexibility index (Phi) is 4.61. The highest BCUT2D eigenvalue weighted by Crippen LogP contribution is 2.23. The largest absolute Gasteiger partial charge is 0.395 e. The molecule has 0 saturated carbocycles. The Morgan fingerprint density at radius 2 is 2.00 bits per heavy atom. The molecule has 0 aliphatic rings. The first-order valence-corrected chi connectivity index (χ1v) is 7.05. The van der Waals surface area contributed by atoms with E-state index in [0.717, 1.165) is 13.0 Å². The third-order valence-electron chi connectivity index (χ3n) is 3.54. The van der Waals surface area contributed by atoms with Gasteiger partial charge in [0, 0.05) is 29.7 Å². The maximum absolute atomic E-state index is 9.12. The van der Waals surface area contributed by atoms with E-state index in [1.54, 1.807) is 0 Å². The molecule has 19 heavy (non-hydrogen) atoms. The molecule has 2 aromatic rings. The van der Waals surface area contributed by atoms with Crippen LogP contribution in [-0.4, -0.2) is 22.3 Å². The van der Waals surface area contributed by atoms with Crippen molar-refractivity contribution in [1.29, 1.82) is 0 Å². The van der Waals surface area contributed by atoms with Crippen LogP contribution in [0.2, 0.25) is 0 Å². The first-order valence-electron chi connectivity index (χ1n) is 7.05. The molecule has 0 radical (unpaired) electrons. The van der Waals surface area contributed by atoms with Crippen LogP contribution in [-0.2, 0) is 13.0 Å². The van der Waals surface area contributed by atoms with Crippen molar-refractivity contribution in [2.24, 2.45) is 11.7 Å². The molecule has 0 bridgehead atoms. The summed E-state index contributed by atoms with van der Waals surface area (Å²) in [6, 6.07) is 8.25. The number of aliphatic hydroxyl groups is 1. The lowest BCUT2D eigenvalue weighted by Crippen LogP contribution is -2.26. The molecule has 0 spiro atoms. The quantitative estimate of drug-likeness (QED) is 0.838. The van der Waals surface area contributed by atoms with Gasteiger partial charge in [-0.3, -0.25) is 0 Å². The van der Waals surface area contributed by atoms with Gasteiger partial charge < -0.3 is 15.4 Å². The van der Waals surface area contributed by atoms with Gasteiger partial charge >= 0.3 is 0 Å². The van der Waals surface area contributed by atoms with E-state index in [2.05, 4.69) is 48.9 Å². The molecular formula is C16H24N2O. The molecule has 0 aliphatic heterocycles. The Bertz CT molecular complexity index is 531. The van der Waals surface area contributed by atoms with E-state index >= 15 is 0 Å². The number of nitrogens with zero attached hydrogens (tertiary/aromatic N) is 1. The summed E-state index contributed by atoms with van der Waals surface area (Å²) in [6.07, 6.45) is 4.10. The van der Waals surface area contributed by atoms with Gasteiger partial charge in [-0.25, -0.2) is 0 Å². The second-order valence-corrected chi connectivity index (χ2v) is 5.69. The third-order valence-corrected chi connectivity index (χ3v) is 3.54. The highest BCUT2D eigenvalue weighted by molar-refractivity contribution is 5.84. The van der Waals surface area contributed by atoms with E-state index < -0.39 is 0 Å². The lowest BCUT2D eigenvalue weighted by atomic mass is 10.1. The Hall–Kier alpha value is -1.32. The molecule has 3 N–H and O–H groups in total. The molecule has 3 heteroatoms. The number of aromatic nitrogens is 1. The molecule has 1 atom stereocenters. The maximum atomic E-state index is 9.12. The van der Waals surface area contributed by atoms with Gasteiger partial charge in [0.25, 0.3) is 0 Å². The van der Waals surface area contributed by atoms with Crippen LogP contribution in [0.25, 0.3) is 10.9 Å². The molecule has 0 fully saturated rings. The van der Waals surface area contributed by atoms with Crippen LogP contribution in [0, 0.1) is 5.92 Å². The van der Waals surface area contributed by atoms with E-state index in [-0.39, 0.29) is 12.6 Å². The topological polar surface area (TPSA) is 51.2 Å². The second kappa shape index (κ2) is 6.22. The van der Waals surface area contributed by atoms with Gasteiger partial charge in [0.2, 0.25) is 0 Å². The molecular weight excluding hydrogens is 236 g/mol. The summed E-state index contributed by atoms with van der Waals surface area (Å²) in [7, 11) is 0. The summed E-state index contributed by atoms with van der Waals surface area (Å²) in [5.74, 6) is 0.698. The van der Waals surface area contributed by atoms with E-state index in [1.165, 1.54) is 22.9 Å². The Balaban J connectivity index is 2.31. The van der Waals surface area contributed by atoms with Crippen molar-refractivity contribution < 1.29 is 5.11 Å². The molecule has 1 aromatic carbocycles. The molecule has 0 unspecified atom stereocenters. The number of hydrogen-bond donors (Lipinski definition) is 2. The van der Waals surface area contributed by atoms with Crippen LogP contribution < -0.4 is 5.73 Å². The summed E-state index contributed by atoms with van der Waals surface area (Å²) in [5.41, 5.74) is 8.37. The fourth-order valence-electron chi connectivity index (χ4n) is 2.41. The number of hydrogen-bond acceptors (Lipinski definition) is 2. The predicted octanol–water partition coefficient (Wildman–Crippen LogP) is 2.55. The highest BCUT2D eigenvalue weighted by Gasteiger charge is 2.11. The minimum absolute atomic E-state index is 0.0332. The van der Waals surface area contributed by atoms with Crippen LogP contribution in [0.1, 0.15) is 25.8 Å². The maximum Gasteiger partial charge on any atom is 0.0585 e. The third kappa shape index (κ3) is 3.37. The van der Waals surface area contributed by atoms with Crippen molar-refractivity contribution in [2.45, 2.75) is 39.3 Å². The summed E-state index contributed by atoms with van der Waals surface area (Å²) >= 11 is 0. The first-order chi connectivity index (χ1) is 9.11. The first kappa shape index (κ1) is 14.1. The number of aryl methyl sites for hydroxylation is 1. The molecule has 1 aromatic heterocycles. The van der Waals surface area contributed by atoms with Gasteiger partial charge in [0.15, 0.2) is 0 Å². The Morgan fingerprint density at radius 1 is 1.26 bits per heavy atom. The minimum Gasteiger partial charge on any atom is -0.395 e. The molecule has 1 heterocycles. The number of rotatable bonds is 6. The zero-order valence-corrected chi connectivity index (χ0v) is 11.8. The van der Waals surface area contributed by atoms with Gasteiger partial charge in [-0.2, -0.15) is 0 Å². The number of benzene rings is 1. The zero-order valence-electron chi connectivity index (χ0n) is 11.8. The van der Waals surface area contributed by atoms with Crippen LogP contribution in [0.5, 0.6) is 0 Å². The van der Waals surface area contributed by atoms with E-state index in [1.807, 2.05) is 0 Å². The normalized spacial score (nSPS) is 13.3. The molecule has 0 saturated heterocycles. The van der Waals surface area contributed by atoms with Crippen molar-refractivity contribution >= 4 is 10.9 Å². The summed E-state index contributed by atoms with van der Waals surface area (Å²) in [6.45, 7) is 5.56. The van der Waals surface area contributed by atoms with Crippen molar-refractivity contribution in [3.63, 3.8) is 0 Å². The van der Waals surface area contributed by atoms with Gasteiger partial charge in [0.1, 0.15) is 0 Å². The van der Waals surface area contributed by atoms with Gasteiger partial charge in [-0.15, -0.1) is 0 Å². The van der Waals surface area contributed by atoms with Gasteiger partial charge in [-0.05, 0) is 30.4 Å². The van der Waals surface area contributed by atoms with Crippen molar-refractivity contribution in [3.05, 3.63) is 36.0 Å². The molecule has 2 rings (SSSR count). The predicted molar refractivity (Wildman–Crippen MR) is 80.2 cm³/mol. The minimum atomic E-state index is -0.177. The summed E-state index contributed by atoms with van der Waals surface area (Å²) in [5, 5.41) is 10.4. The lowest BCUT2D eigenvalue weighted by molar-refractivity contribution is 0.265. The van der Waals surface area contributed by atoms with Crippen LogP contribution in [0.3, 0.4) is 0 Å². The van der Waals surface area contributed by atoms with E-state index in [0.29, 0.717) is 5.92 Å².